The molecule has 1 fully saturated rings. The molecule has 29 heavy (non-hydrogen) atoms. The van der Waals surface area contributed by atoms with Crippen molar-refractivity contribution in [1.82, 2.24) is 9.55 Å². The number of anilines is 1. The highest BCUT2D eigenvalue weighted by Crippen LogP contribution is 2.38. The molecule has 0 amide bonds. The molecular weight excluding hydrogens is 364 g/mol. The first-order valence-corrected chi connectivity index (χ1v) is 9.80. The highest BCUT2D eigenvalue weighted by molar-refractivity contribution is 5.67. The fraction of sp³-hybridized carbons (Fsp3) is 0.261. The maximum Gasteiger partial charge on any atom is 0.250 e. The van der Waals surface area contributed by atoms with Gasteiger partial charge in [-0.2, -0.15) is 10.2 Å². The third-order valence-electron chi connectivity index (χ3n) is 5.72. The summed E-state index contributed by atoms with van der Waals surface area (Å²) in [6, 6.07) is 17.6. The van der Waals surface area contributed by atoms with Gasteiger partial charge in [-0.3, -0.25) is 4.79 Å². The molecule has 4 heterocycles. The van der Waals surface area contributed by atoms with E-state index in [0.29, 0.717) is 36.5 Å². The summed E-state index contributed by atoms with van der Waals surface area (Å²) in [5.41, 5.74) is 2.49. The minimum atomic E-state index is 0.0661. The van der Waals surface area contributed by atoms with Gasteiger partial charge in [-0.1, -0.05) is 36.4 Å². The summed E-state index contributed by atoms with van der Waals surface area (Å²) < 4.78 is 7.88. The van der Waals surface area contributed by atoms with Crippen LogP contribution in [0.25, 0.3) is 12.2 Å². The Hall–Kier alpha value is -3.59. The average Bonchev–Trinajstić information content (AvgIpc) is 3.17. The normalized spacial score (nSPS) is 20.4. The van der Waals surface area contributed by atoms with E-state index in [4.69, 9.17) is 4.42 Å². The minimum Gasteiger partial charge on any atom is -0.420 e. The lowest BCUT2D eigenvalue weighted by Crippen LogP contribution is -2.47. The highest BCUT2D eigenvalue weighted by atomic mass is 16.4. The summed E-state index contributed by atoms with van der Waals surface area (Å²) in [5, 5.41) is 9.58. The van der Waals surface area contributed by atoms with E-state index in [1.54, 1.807) is 12.1 Å². The molecule has 5 rings (SSSR count). The van der Waals surface area contributed by atoms with Crippen molar-refractivity contribution in [3.63, 3.8) is 0 Å². The van der Waals surface area contributed by atoms with Crippen LogP contribution in [0.1, 0.15) is 35.2 Å². The number of benzene rings is 1. The smallest absolute Gasteiger partial charge is 0.250 e. The van der Waals surface area contributed by atoms with E-state index in [1.165, 1.54) is 0 Å². The summed E-state index contributed by atoms with van der Waals surface area (Å²) in [4.78, 5) is 18.7. The largest absolute Gasteiger partial charge is 0.420 e. The maximum absolute atomic E-state index is 12.2. The molecule has 6 nitrogen and oxygen atoms in total. The van der Waals surface area contributed by atoms with Crippen molar-refractivity contribution in [3.8, 4) is 6.07 Å². The van der Waals surface area contributed by atoms with Crippen molar-refractivity contribution in [1.29, 1.82) is 5.26 Å². The Kier molecular flexibility index (Phi) is 4.28. The first-order chi connectivity index (χ1) is 14.2. The van der Waals surface area contributed by atoms with Gasteiger partial charge < -0.3 is 13.9 Å². The van der Waals surface area contributed by atoms with Crippen LogP contribution >= 0.6 is 0 Å². The zero-order valence-electron chi connectivity index (χ0n) is 15.9. The Balaban J connectivity index is 1.43. The second-order valence-corrected chi connectivity index (χ2v) is 7.66. The average molecular weight is 384 g/mol. The van der Waals surface area contributed by atoms with Gasteiger partial charge in [0.15, 0.2) is 0 Å². The molecular formula is C23H20N4O2. The van der Waals surface area contributed by atoms with Crippen molar-refractivity contribution in [2.24, 2.45) is 5.92 Å². The topological polar surface area (TPSA) is 75.1 Å². The number of oxazole rings is 1. The highest BCUT2D eigenvalue weighted by Gasteiger charge is 2.36. The monoisotopic (exact) mass is 384 g/mol. The molecule has 2 aromatic heterocycles. The van der Waals surface area contributed by atoms with Gasteiger partial charge >= 0.3 is 0 Å². The number of piperidine rings is 1. The van der Waals surface area contributed by atoms with Crippen LogP contribution in [-0.2, 0) is 6.54 Å². The quantitative estimate of drug-likeness (QED) is 0.691. The first kappa shape index (κ1) is 17.5. The van der Waals surface area contributed by atoms with Gasteiger partial charge in [0.2, 0.25) is 17.5 Å². The van der Waals surface area contributed by atoms with Crippen LogP contribution in [0.2, 0.25) is 0 Å². The van der Waals surface area contributed by atoms with Crippen LogP contribution in [0.15, 0.2) is 57.7 Å². The summed E-state index contributed by atoms with van der Waals surface area (Å²) in [7, 11) is 0. The van der Waals surface area contributed by atoms with Gasteiger partial charge in [0.1, 0.15) is 6.07 Å². The first-order valence-electron chi connectivity index (χ1n) is 9.80. The molecule has 0 radical (unpaired) electrons. The fourth-order valence-corrected chi connectivity index (χ4v) is 4.48. The third kappa shape index (κ3) is 3.25. The number of nitriles is 1. The molecule has 2 aliphatic heterocycles. The standard InChI is InChI=1S/C23H20N4O2/c24-12-19-23(29-21(25-19)10-9-16-5-2-1-3-6-16)26-13-17-11-18(15-26)20-7-4-8-22(28)27(20)14-17/h1-10,17-18H,11,13-15H2/b10-9+. The molecule has 6 heteroatoms. The van der Waals surface area contributed by atoms with Crippen LogP contribution in [0.3, 0.4) is 0 Å². The fourth-order valence-electron chi connectivity index (χ4n) is 4.48. The molecule has 1 aromatic carbocycles. The Labute approximate surface area is 168 Å². The van der Waals surface area contributed by atoms with E-state index in [1.807, 2.05) is 53.1 Å². The molecule has 2 atom stereocenters. The Morgan fingerprint density at radius 1 is 1.07 bits per heavy atom. The van der Waals surface area contributed by atoms with E-state index in [0.717, 1.165) is 24.2 Å². The number of pyridine rings is 1. The Morgan fingerprint density at radius 3 is 2.76 bits per heavy atom. The molecule has 2 unspecified atom stereocenters. The zero-order valence-corrected chi connectivity index (χ0v) is 15.9. The van der Waals surface area contributed by atoms with Crippen molar-refractivity contribution < 1.29 is 4.42 Å². The molecule has 2 bridgehead atoms. The molecule has 0 N–H and O–H groups in total. The van der Waals surface area contributed by atoms with Gasteiger partial charge in [0.05, 0.1) is 0 Å². The molecule has 3 aromatic rings. The maximum atomic E-state index is 12.2. The van der Waals surface area contributed by atoms with E-state index >= 15 is 0 Å². The van der Waals surface area contributed by atoms with Gasteiger partial charge in [-0.25, -0.2) is 0 Å². The Morgan fingerprint density at radius 2 is 1.93 bits per heavy atom. The van der Waals surface area contributed by atoms with Crippen LogP contribution in [0.5, 0.6) is 0 Å². The lowest BCUT2D eigenvalue weighted by molar-refractivity contribution is 0.275. The van der Waals surface area contributed by atoms with Crippen LogP contribution in [-0.4, -0.2) is 22.6 Å². The number of hydrogen-bond acceptors (Lipinski definition) is 5. The number of rotatable bonds is 3. The molecule has 2 aliphatic rings. The summed E-state index contributed by atoms with van der Waals surface area (Å²) in [6.07, 6.45) is 4.76. The van der Waals surface area contributed by atoms with Crippen molar-refractivity contribution in [2.75, 3.05) is 18.0 Å². The minimum absolute atomic E-state index is 0.0661. The van der Waals surface area contributed by atoms with Gasteiger partial charge in [0, 0.05) is 43.4 Å². The van der Waals surface area contributed by atoms with E-state index in [-0.39, 0.29) is 11.5 Å². The zero-order chi connectivity index (χ0) is 19.8. The van der Waals surface area contributed by atoms with E-state index in [2.05, 4.69) is 16.0 Å². The second kappa shape index (κ2) is 7.10. The van der Waals surface area contributed by atoms with Crippen molar-refractivity contribution >= 4 is 18.0 Å². The number of hydrogen-bond donors (Lipinski definition) is 0. The molecule has 0 aliphatic carbocycles. The van der Waals surface area contributed by atoms with Gasteiger partial charge in [0.25, 0.3) is 5.56 Å². The summed E-state index contributed by atoms with van der Waals surface area (Å²) in [6.45, 7) is 2.17. The number of nitrogens with zero attached hydrogens (tertiary/aromatic N) is 4. The van der Waals surface area contributed by atoms with Crippen molar-refractivity contribution in [3.05, 3.63) is 81.7 Å². The van der Waals surface area contributed by atoms with Crippen LogP contribution in [0, 0.1) is 17.2 Å². The van der Waals surface area contributed by atoms with E-state index < -0.39 is 0 Å². The predicted octanol–water partition coefficient (Wildman–Crippen LogP) is 3.50. The molecule has 0 saturated carbocycles. The number of aromatic nitrogens is 2. The number of fused-ring (bicyclic) bond motifs is 4. The second-order valence-electron chi connectivity index (χ2n) is 7.66. The lowest BCUT2D eigenvalue weighted by Gasteiger charge is -2.42. The summed E-state index contributed by atoms with van der Waals surface area (Å²) in [5.74, 6) is 1.55. The Bertz CT molecular complexity index is 1170. The third-order valence-corrected chi connectivity index (χ3v) is 5.72. The van der Waals surface area contributed by atoms with Gasteiger partial charge in [-0.05, 0) is 30.0 Å². The van der Waals surface area contributed by atoms with Crippen molar-refractivity contribution in [2.45, 2.75) is 18.9 Å². The SMILES string of the molecule is N#Cc1nc(/C=C/c2ccccc2)oc1N1CC2CC(C1)c1cccc(=O)n1C2. The van der Waals surface area contributed by atoms with E-state index in [9.17, 15) is 10.1 Å². The van der Waals surface area contributed by atoms with Crippen LogP contribution in [0.4, 0.5) is 5.88 Å². The molecule has 144 valence electrons. The van der Waals surface area contributed by atoms with Gasteiger partial charge in [-0.15, -0.1) is 0 Å². The lowest BCUT2D eigenvalue weighted by atomic mass is 9.83. The molecule has 1 saturated heterocycles. The molecule has 0 spiro atoms. The van der Waals surface area contributed by atoms with Crippen LogP contribution < -0.4 is 10.5 Å². The summed E-state index contributed by atoms with van der Waals surface area (Å²) >= 11 is 0. The predicted molar refractivity (Wildman–Crippen MR) is 110 cm³/mol.